The standard InChI is InChI=1S/C12H24O4S2/c1-2-14-4-6-16-8-10-18-12-11-17-9-7-15-5-3-13-1/h1-12H2. The van der Waals surface area contributed by atoms with E-state index in [-0.39, 0.29) is 0 Å². The summed E-state index contributed by atoms with van der Waals surface area (Å²) in [4.78, 5) is 0. The average molecular weight is 296 g/mol. The minimum Gasteiger partial charge on any atom is -0.378 e. The topological polar surface area (TPSA) is 36.9 Å². The average Bonchev–Trinajstić information content (AvgIpc) is 2.39. The van der Waals surface area contributed by atoms with Crippen molar-refractivity contribution >= 4 is 23.5 Å². The SMILES string of the molecule is C1COCCOCCSCCSCCOCCO1. The summed E-state index contributed by atoms with van der Waals surface area (Å²) >= 11 is 3.90. The summed E-state index contributed by atoms with van der Waals surface area (Å²) < 4.78 is 21.7. The zero-order chi connectivity index (χ0) is 12.7. The Labute approximate surface area is 118 Å². The van der Waals surface area contributed by atoms with E-state index in [0.717, 1.165) is 24.7 Å². The molecular weight excluding hydrogens is 272 g/mol. The van der Waals surface area contributed by atoms with Crippen molar-refractivity contribution in [2.45, 2.75) is 0 Å². The largest absolute Gasteiger partial charge is 0.378 e. The maximum absolute atomic E-state index is 5.47. The van der Waals surface area contributed by atoms with Crippen molar-refractivity contribution < 1.29 is 18.9 Å². The van der Waals surface area contributed by atoms with Crippen LogP contribution in [-0.4, -0.2) is 75.9 Å². The van der Waals surface area contributed by atoms with Gasteiger partial charge in [-0.2, -0.15) is 23.5 Å². The van der Waals surface area contributed by atoms with E-state index < -0.39 is 0 Å². The molecule has 1 fully saturated rings. The molecule has 0 radical (unpaired) electrons. The van der Waals surface area contributed by atoms with Crippen LogP contribution in [0.25, 0.3) is 0 Å². The van der Waals surface area contributed by atoms with E-state index in [1.807, 2.05) is 23.5 Å². The predicted octanol–water partition coefficient (Wildman–Crippen LogP) is 1.53. The first-order valence-electron chi connectivity index (χ1n) is 6.46. The van der Waals surface area contributed by atoms with Crippen LogP contribution in [0.15, 0.2) is 0 Å². The molecule has 0 amide bonds. The molecule has 0 bridgehead atoms. The van der Waals surface area contributed by atoms with Gasteiger partial charge in [-0.25, -0.2) is 0 Å². The smallest absolute Gasteiger partial charge is 0.0701 e. The normalized spacial score (nSPS) is 24.0. The lowest BCUT2D eigenvalue weighted by Crippen LogP contribution is -2.13. The van der Waals surface area contributed by atoms with Gasteiger partial charge in [-0.05, 0) is 0 Å². The highest BCUT2D eigenvalue weighted by molar-refractivity contribution is 8.02. The molecule has 0 saturated carbocycles. The molecule has 1 aliphatic heterocycles. The van der Waals surface area contributed by atoms with E-state index in [2.05, 4.69) is 0 Å². The van der Waals surface area contributed by atoms with Crippen LogP contribution in [0.2, 0.25) is 0 Å². The van der Waals surface area contributed by atoms with Crippen LogP contribution >= 0.6 is 23.5 Å². The van der Waals surface area contributed by atoms with Crippen molar-refractivity contribution in [3.05, 3.63) is 0 Å². The lowest BCUT2D eigenvalue weighted by molar-refractivity contribution is 0.00145. The van der Waals surface area contributed by atoms with Crippen molar-refractivity contribution in [1.82, 2.24) is 0 Å². The summed E-state index contributed by atoms with van der Waals surface area (Å²) in [6.45, 7) is 5.57. The van der Waals surface area contributed by atoms with E-state index >= 15 is 0 Å². The lowest BCUT2D eigenvalue weighted by atomic mass is 10.7. The van der Waals surface area contributed by atoms with Crippen molar-refractivity contribution in [2.24, 2.45) is 0 Å². The van der Waals surface area contributed by atoms with Gasteiger partial charge in [0.25, 0.3) is 0 Å². The third kappa shape index (κ3) is 11.6. The maximum atomic E-state index is 5.47. The highest BCUT2D eigenvalue weighted by Crippen LogP contribution is 2.06. The Kier molecular flexibility index (Phi) is 12.9. The number of hydrogen-bond donors (Lipinski definition) is 0. The first-order chi connectivity index (χ1) is 9.00. The van der Waals surface area contributed by atoms with Crippen molar-refractivity contribution in [3.63, 3.8) is 0 Å². The highest BCUT2D eigenvalue weighted by atomic mass is 32.2. The molecule has 0 aromatic rings. The maximum Gasteiger partial charge on any atom is 0.0701 e. The predicted molar refractivity (Wildman–Crippen MR) is 77.9 cm³/mol. The molecule has 108 valence electrons. The fourth-order valence-electron chi connectivity index (χ4n) is 1.32. The molecule has 6 heteroatoms. The molecule has 0 aromatic carbocycles. The molecule has 0 aliphatic carbocycles. The molecule has 1 rings (SSSR count). The summed E-state index contributed by atoms with van der Waals surface area (Å²) in [6, 6.07) is 0. The number of thioether (sulfide) groups is 2. The number of ether oxygens (including phenoxy) is 4. The summed E-state index contributed by atoms with van der Waals surface area (Å²) in [5.74, 6) is 4.52. The number of hydrogen-bond acceptors (Lipinski definition) is 6. The van der Waals surface area contributed by atoms with E-state index in [1.54, 1.807) is 0 Å². The van der Waals surface area contributed by atoms with Crippen LogP contribution in [0.3, 0.4) is 0 Å². The molecule has 1 saturated heterocycles. The van der Waals surface area contributed by atoms with Gasteiger partial charge in [0.15, 0.2) is 0 Å². The van der Waals surface area contributed by atoms with Gasteiger partial charge in [-0.1, -0.05) is 0 Å². The molecule has 0 spiro atoms. The minimum absolute atomic E-state index is 0.633. The van der Waals surface area contributed by atoms with Gasteiger partial charge in [0.1, 0.15) is 0 Å². The van der Waals surface area contributed by atoms with Crippen LogP contribution in [0.5, 0.6) is 0 Å². The van der Waals surface area contributed by atoms with Crippen LogP contribution in [0.1, 0.15) is 0 Å². The van der Waals surface area contributed by atoms with Crippen LogP contribution in [-0.2, 0) is 18.9 Å². The molecule has 0 N–H and O–H groups in total. The Morgan fingerprint density at radius 1 is 0.389 bits per heavy atom. The summed E-state index contributed by atoms with van der Waals surface area (Å²) in [5, 5.41) is 0. The highest BCUT2D eigenvalue weighted by Gasteiger charge is 1.96. The zero-order valence-corrected chi connectivity index (χ0v) is 12.6. The lowest BCUT2D eigenvalue weighted by Gasteiger charge is -2.08. The quantitative estimate of drug-likeness (QED) is 0.675. The molecule has 1 heterocycles. The molecular formula is C12H24O4S2. The second kappa shape index (κ2) is 14.0. The molecule has 0 unspecified atom stereocenters. The van der Waals surface area contributed by atoms with E-state index in [9.17, 15) is 0 Å². The monoisotopic (exact) mass is 296 g/mol. The minimum atomic E-state index is 0.633. The summed E-state index contributed by atoms with van der Waals surface area (Å²) in [6.07, 6.45) is 0. The summed E-state index contributed by atoms with van der Waals surface area (Å²) in [7, 11) is 0. The van der Waals surface area contributed by atoms with Gasteiger partial charge in [0, 0.05) is 23.0 Å². The molecule has 0 aromatic heterocycles. The second-order valence-corrected chi connectivity index (χ2v) is 6.12. The fraction of sp³-hybridized carbons (Fsp3) is 1.00. The Hall–Kier alpha value is 0.540. The Morgan fingerprint density at radius 3 is 1.11 bits per heavy atom. The van der Waals surface area contributed by atoms with Crippen LogP contribution in [0.4, 0.5) is 0 Å². The van der Waals surface area contributed by atoms with Gasteiger partial charge >= 0.3 is 0 Å². The zero-order valence-electron chi connectivity index (χ0n) is 10.9. The van der Waals surface area contributed by atoms with Gasteiger partial charge in [-0.3, -0.25) is 0 Å². The van der Waals surface area contributed by atoms with E-state index in [4.69, 9.17) is 18.9 Å². The van der Waals surface area contributed by atoms with Crippen LogP contribution in [0, 0.1) is 0 Å². The van der Waals surface area contributed by atoms with Gasteiger partial charge in [0.2, 0.25) is 0 Å². The summed E-state index contributed by atoms with van der Waals surface area (Å²) in [5.41, 5.74) is 0. The molecule has 18 heavy (non-hydrogen) atoms. The third-order valence-electron chi connectivity index (χ3n) is 2.23. The van der Waals surface area contributed by atoms with Crippen molar-refractivity contribution in [3.8, 4) is 0 Å². The molecule has 1 aliphatic rings. The first-order valence-corrected chi connectivity index (χ1v) is 8.77. The fourth-order valence-corrected chi connectivity index (χ4v) is 3.14. The van der Waals surface area contributed by atoms with Gasteiger partial charge in [-0.15, -0.1) is 0 Å². The Morgan fingerprint density at radius 2 is 0.722 bits per heavy atom. The Bertz CT molecular complexity index is 97.1. The van der Waals surface area contributed by atoms with Gasteiger partial charge < -0.3 is 18.9 Å². The van der Waals surface area contributed by atoms with Crippen molar-refractivity contribution in [2.75, 3.05) is 75.9 Å². The molecule has 0 atom stereocenters. The molecule has 4 nitrogen and oxygen atoms in total. The number of rotatable bonds is 0. The van der Waals surface area contributed by atoms with Crippen molar-refractivity contribution in [1.29, 1.82) is 0 Å². The van der Waals surface area contributed by atoms with E-state index in [0.29, 0.717) is 39.6 Å². The third-order valence-corrected chi connectivity index (χ3v) is 4.39. The second-order valence-electron chi connectivity index (χ2n) is 3.67. The van der Waals surface area contributed by atoms with Crippen LogP contribution < -0.4 is 0 Å². The van der Waals surface area contributed by atoms with Gasteiger partial charge in [0.05, 0.1) is 52.9 Å². The first kappa shape index (κ1) is 16.6. The Balaban J connectivity index is 2.00. The van der Waals surface area contributed by atoms with E-state index in [1.165, 1.54) is 11.5 Å².